The Morgan fingerprint density at radius 3 is 3.00 bits per heavy atom. The largest absolute Gasteiger partial charge is 0.334 e. The van der Waals surface area contributed by atoms with Crippen molar-refractivity contribution in [3.8, 4) is 6.07 Å². The zero-order chi connectivity index (χ0) is 11.5. The molecule has 0 saturated heterocycles. The van der Waals surface area contributed by atoms with Gasteiger partial charge in [0.15, 0.2) is 0 Å². The fourth-order valence-electron chi connectivity index (χ4n) is 1.30. The molecule has 0 unspecified atom stereocenters. The van der Waals surface area contributed by atoms with Crippen LogP contribution in [0.1, 0.15) is 10.3 Å². The average molecular weight is 268 g/mol. The van der Waals surface area contributed by atoms with Crippen molar-refractivity contribution in [3.05, 3.63) is 32.2 Å². The Hall–Kier alpha value is -0.900. The fraction of sp³-hybridized carbons (Fsp3) is 0.200. The monoisotopic (exact) mass is 268 g/mol. The van der Waals surface area contributed by atoms with Crippen molar-refractivity contribution in [2.45, 2.75) is 5.37 Å². The number of carbonyl (C=O) groups excluding carboxylic acids is 1. The van der Waals surface area contributed by atoms with Crippen molar-refractivity contribution in [2.75, 3.05) is 6.26 Å². The van der Waals surface area contributed by atoms with Crippen LogP contribution in [0.3, 0.4) is 0 Å². The third-order valence-corrected chi connectivity index (χ3v) is 5.49. The van der Waals surface area contributed by atoms with E-state index in [4.69, 9.17) is 5.26 Å². The van der Waals surface area contributed by atoms with Gasteiger partial charge in [0.1, 0.15) is 17.0 Å². The van der Waals surface area contributed by atoms with Gasteiger partial charge in [0.2, 0.25) is 0 Å². The summed E-state index contributed by atoms with van der Waals surface area (Å²) in [6.07, 6.45) is 1.88. The molecule has 6 heteroatoms. The van der Waals surface area contributed by atoms with Crippen LogP contribution in [0.15, 0.2) is 27.3 Å². The minimum atomic E-state index is -0.274. The smallest absolute Gasteiger partial charge is 0.264 e. The number of thiophene rings is 1. The maximum Gasteiger partial charge on any atom is 0.264 e. The summed E-state index contributed by atoms with van der Waals surface area (Å²) in [6.45, 7) is 0. The molecule has 82 valence electrons. The molecule has 0 spiro atoms. The Morgan fingerprint density at radius 2 is 2.44 bits per heavy atom. The van der Waals surface area contributed by atoms with Crippen molar-refractivity contribution in [3.63, 3.8) is 0 Å². The first-order chi connectivity index (χ1) is 7.76. The highest BCUT2D eigenvalue weighted by Crippen LogP contribution is 2.43. The van der Waals surface area contributed by atoms with Gasteiger partial charge in [-0.3, -0.25) is 4.79 Å². The summed E-state index contributed by atoms with van der Waals surface area (Å²) in [6, 6.07) is 5.89. The number of nitrogens with one attached hydrogen (secondary N) is 1. The van der Waals surface area contributed by atoms with E-state index in [-0.39, 0.29) is 16.9 Å². The van der Waals surface area contributed by atoms with Gasteiger partial charge in [-0.05, 0) is 17.7 Å². The van der Waals surface area contributed by atoms with Crippen LogP contribution in [0.2, 0.25) is 0 Å². The number of nitrogens with zero attached hydrogens (tertiary/aromatic N) is 1. The first kappa shape index (κ1) is 11.6. The van der Waals surface area contributed by atoms with Gasteiger partial charge in [-0.25, -0.2) is 0 Å². The highest BCUT2D eigenvalue weighted by molar-refractivity contribution is 8.22. The van der Waals surface area contributed by atoms with Gasteiger partial charge in [-0.1, -0.05) is 17.8 Å². The van der Waals surface area contributed by atoms with Crippen LogP contribution < -0.4 is 5.32 Å². The molecule has 1 aliphatic heterocycles. The predicted octanol–water partition coefficient (Wildman–Crippen LogP) is 2.71. The molecule has 2 rings (SSSR count). The molecule has 1 atom stereocenters. The van der Waals surface area contributed by atoms with E-state index in [0.29, 0.717) is 0 Å². The first-order valence-electron chi connectivity index (χ1n) is 4.45. The summed E-state index contributed by atoms with van der Waals surface area (Å²) in [5.74, 6) is -0.274. The molecule has 0 radical (unpaired) electrons. The van der Waals surface area contributed by atoms with Crippen molar-refractivity contribution in [2.24, 2.45) is 0 Å². The van der Waals surface area contributed by atoms with E-state index in [1.165, 1.54) is 23.5 Å². The number of carbonyl (C=O) groups is 1. The first-order valence-corrected chi connectivity index (χ1v) is 7.44. The van der Waals surface area contributed by atoms with E-state index >= 15 is 0 Å². The average Bonchev–Trinajstić information content (AvgIpc) is 2.81. The normalized spacial score (nSPS) is 20.5. The zero-order valence-corrected chi connectivity index (χ0v) is 10.8. The molecule has 0 saturated carbocycles. The number of hydrogen-bond acceptors (Lipinski definition) is 5. The third-order valence-electron chi connectivity index (χ3n) is 2.02. The molecule has 3 nitrogen and oxygen atoms in total. The lowest BCUT2D eigenvalue weighted by molar-refractivity contribution is -0.117. The van der Waals surface area contributed by atoms with E-state index in [1.54, 1.807) is 11.3 Å². The molecule has 0 fully saturated rings. The summed E-state index contributed by atoms with van der Waals surface area (Å²) in [4.78, 5) is 12.8. The molecule has 1 aromatic rings. The molecule has 16 heavy (non-hydrogen) atoms. The number of thioether (sulfide) groups is 2. The second-order valence-electron chi connectivity index (χ2n) is 2.97. The second kappa shape index (κ2) is 4.95. The van der Waals surface area contributed by atoms with Gasteiger partial charge in [0.05, 0.1) is 4.24 Å². The second-order valence-corrected chi connectivity index (χ2v) is 6.13. The molecule has 2 heterocycles. The van der Waals surface area contributed by atoms with Gasteiger partial charge >= 0.3 is 0 Å². The number of hydrogen-bond donors (Lipinski definition) is 1. The minimum absolute atomic E-state index is 0.0629. The molecule has 1 amide bonds. The van der Waals surface area contributed by atoms with E-state index < -0.39 is 0 Å². The molecule has 0 bridgehead atoms. The minimum Gasteiger partial charge on any atom is -0.334 e. The molecule has 0 aromatic carbocycles. The van der Waals surface area contributed by atoms with Gasteiger partial charge in [-0.15, -0.1) is 23.1 Å². The fourth-order valence-corrected chi connectivity index (χ4v) is 4.11. The van der Waals surface area contributed by atoms with Crippen molar-refractivity contribution in [1.29, 1.82) is 5.26 Å². The number of amides is 1. The Kier molecular flexibility index (Phi) is 3.59. The lowest BCUT2D eigenvalue weighted by atomic mass is 10.3. The van der Waals surface area contributed by atoms with Crippen molar-refractivity contribution >= 4 is 40.8 Å². The van der Waals surface area contributed by atoms with Crippen LogP contribution in [0.4, 0.5) is 0 Å². The van der Waals surface area contributed by atoms with E-state index in [0.717, 1.165) is 9.11 Å². The number of rotatable bonds is 2. The maximum absolute atomic E-state index is 11.7. The van der Waals surface area contributed by atoms with Gasteiger partial charge < -0.3 is 5.32 Å². The molecular formula is C10H8N2OS3. The summed E-state index contributed by atoms with van der Waals surface area (Å²) < 4.78 is 0.796. The quantitative estimate of drug-likeness (QED) is 0.896. The highest BCUT2D eigenvalue weighted by Gasteiger charge is 2.28. The zero-order valence-electron chi connectivity index (χ0n) is 8.39. The Labute approximate surface area is 106 Å². The van der Waals surface area contributed by atoms with Crippen LogP contribution in [0.25, 0.3) is 0 Å². The van der Waals surface area contributed by atoms with E-state index in [2.05, 4.69) is 5.32 Å². The van der Waals surface area contributed by atoms with Crippen molar-refractivity contribution in [1.82, 2.24) is 5.32 Å². The van der Waals surface area contributed by atoms with Crippen molar-refractivity contribution < 1.29 is 4.79 Å². The molecule has 1 N–H and O–H groups in total. The third kappa shape index (κ3) is 2.12. The SMILES string of the molecule is CSC1=C(C#N)C(=O)N[C@@H](c2cccs2)S1. The van der Waals surface area contributed by atoms with Gasteiger partial charge in [0, 0.05) is 4.88 Å². The summed E-state index contributed by atoms with van der Waals surface area (Å²) >= 11 is 4.57. The lowest BCUT2D eigenvalue weighted by Gasteiger charge is -2.23. The standard InChI is InChI=1S/C10H8N2OS3/c1-14-10-6(5-11)8(13)12-9(16-10)7-3-2-4-15-7/h2-4,9H,1H3,(H,12,13)/t9-/m1/s1. The van der Waals surface area contributed by atoms with Crippen LogP contribution >= 0.6 is 34.9 Å². The summed E-state index contributed by atoms with van der Waals surface area (Å²) in [7, 11) is 0. The lowest BCUT2D eigenvalue weighted by Crippen LogP contribution is -2.31. The van der Waals surface area contributed by atoms with Crippen LogP contribution in [-0.2, 0) is 4.79 Å². The Balaban J connectivity index is 2.30. The molecule has 1 aromatic heterocycles. The number of nitriles is 1. The summed E-state index contributed by atoms with van der Waals surface area (Å²) in [5, 5.41) is 13.6. The van der Waals surface area contributed by atoms with Gasteiger partial charge in [-0.2, -0.15) is 5.26 Å². The molecule has 1 aliphatic rings. The predicted molar refractivity (Wildman–Crippen MR) is 68.9 cm³/mol. The summed E-state index contributed by atoms with van der Waals surface area (Å²) in [5.41, 5.74) is 0.227. The topological polar surface area (TPSA) is 52.9 Å². The van der Waals surface area contributed by atoms with E-state index in [1.807, 2.05) is 29.8 Å². The Morgan fingerprint density at radius 1 is 1.62 bits per heavy atom. The maximum atomic E-state index is 11.7. The molecular weight excluding hydrogens is 260 g/mol. The highest BCUT2D eigenvalue weighted by atomic mass is 32.2. The van der Waals surface area contributed by atoms with Crippen LogP contribution in [0.5, 0.6) is 0 Å². The Bertz CT molecular complexity index is 473. The van der Waals surface area contributed by atoms with Crippen LogP contribution in [0, 0.1) is 11.3 Å². The van der Waals surface area contributed by atoms with Gasteiger partial charge in [0.25, 0.3) is 5.91 Å². The molecule has 0 aliphatic carbocycles. The van der Waals surface area contributed by atoms with Crippen LogP contribution in [-0.4, -0.2) is 12.2 Å². The van der Waals surface area contributed by atoms with E-state index in [9.17, 15) is 4.79 Å².